The molecule has 0 radical (unpaired) electrons. The van der Waals surface area contributed by atoms with E-state index in [1.165, 1.54) is 6.92 Å². The van der Waals surface area contributed by atoms with Crippen molar-refractivity contribution in [1.82, 2.24) is 19.9 Å². The number of nitrogens with zero attached hydrogens (tertiary/aromatic N) is 4. The molecule has 3 heterocycles. The van der Waals surface area contributed by atoms with Crippen LogP contribution >= 0.6 is 11.6 Å². The number of carboxylic acid groups (broad SMARTS) is 2. The molecule has 1 aliphatic heterocycles. The molecule has 1 atom stereocenters. The number of halogens is 7. The van der Waals surface area contributed by atoms with Gasteiger partial charge < -0.3 is 25.7 Å². The Balaban J connectivity index is 0.000000528. The molecule has 0 aliphatic carbocycles. The Hall–Kier alpha value is -4.61. The molecule has 0 unspecified atom stereocenters. The van der Waals surface area contributed by atoms with E-state index in [1.54, 1.807) is 35.0 Å². The first-order valence-corrected chi connectivity index (χ1v) is 11.7. The van der Waals surface area contributed by atoms with Gasteiger partial charge in [-0.15, -0.1) is 5.10 Å². The van der Waals surface area contributed by atoms with Gasteiger partial charge in [0.05, 0.1) is 16.8 Å². The second kappa shape index (κ2) is 16.6. The molecule has 42 heavy (non-hydrogen) atoms. The highest BCUT2D eigenvalue weighted by Crippen LogP contribution is 2.21. The molecule has 0 saturated carbocycles. The van der Waals surface area contributed by atoms with Crippen molar-refractivity contribution in [2.75, 3.05) is 23.3 Å². The van der Waals surface area contributed by atoms with Gasteiger partial charge in [0.2, 0.25) is 5.91 Å². The van der Waals surface area contributed by atoms with Crippen LogP contribution in [0.5, 0.6) is 0 Å². The SMILES string of the molecule is CC(=O)N[C@@H]1CCN(c2ccc3nc(NC(=O)c4ccccc4Cl)cn3n2)C1.FC(F)F.O=C(O)C(F)(F)F.O=CO. The highest BCUT2D eigenvalue weighted by atomic mass is 35.5. The third-order valence-electron chi connectivity index (χ3n) is 4.83. The first-order valence-electron chi connectivity index (χ1n) is 11.3. The van der Waals surface area contributed by atoms with Gasteiger partial charge >= 0.3 is 18.8 Å². The van der Waals surface area contributed by atoms with E-state index in [-0.39, 0.29) is 24.3 Å². The zero-order chi connectivity index (χ0) is 32.0. The van der Waals surface area contributed by atoms with Crippen molar-refractivity contribution in [3.05, 3.63) is 53.2 Å². The van der Waals surface area contributed by atoms with Crippen molar-refractivity contribution in [3.63, 3.8) is 0 Å². The number of imidazole rings is 1. The molecule has 230 valence electrons. The van der Waals surface area contributed by atoms with Crippen LogP contribution in [0.1, 0.15) is 23.7 Å². The van der Waals surface area contributed by atoms with Gasteiger partial charge in [-0.25, -0.2) is 14.3 Å². The Morgan fingerprint density at radius 2 is 1.71 bits per heavy atom. The van der Waals surface area contributed by atoms with Crippen LogP contribution in [-0.2, 0) is 14.4 Å². The van der Waals surface area contributed by atoms with Gasteiger partial charge in [-0.05, 0) is 30.7 Å². The highest BCUT2D eigenvalue weighted by molar-refractivity contribution is 6.34. The zero-order valence-electron chi connectivity index (χ0n) is 21.4. The maximum Gasteiger partial charge on any atom is 0.490 e. The van der Waals surface area contributed by atoms with Crippen molar-refractivity contribution in [2.24, 2.45) is 0 Å². The average Bonchev–Trinajstić information content (AvgIpc) is 3.49. The lowest BCUT2D eigenvalue weighted by molar-refractivity contribution is -0.192. The van der Waals surface area contributed by atoms with E-state index in [9.17, 15) is 35.9 Å². The number of amides is 2. The lowest BCUT2D eigenvalue weighted by atomic mass is 10.2. The summed E-state index contributed by atoms with van der Waals surface area (Å²) < 4.78 is 62.4. The minimum Gasteiger partial charge on any atom is -0.483 e. The Kier molecular flexibility index (Phi) is 14.0. The van der Waals surface area contributed by atoms with E-state index in [0.717, 1.165) is 18.8 Å². The van der Waals surface area contributed by atoms with E-state index in [4.69, 9.17) is 31.4 Å². The minimum absolute atomic E-state index is 0.0243. The van der Waals surface area contributed by atoms with Crippen molar-refractivity contribution < 1.29 is 55.7 Å². The summed E-state index contributed by atoms with van der Waals surface area (Å²) in [4.78, 5) is 47.4. The number of fused-ring (bicyclic) bond motifs is 1. The van der Waals surface area contributed by atoms with E-state index >= 15 is 0 Å². The molecule has 2 amide bonds. The van der Waals surface area contributed by atoms with Crippen molar-refractivity contribution >= 4 is 53.1 Å². The molecule has 3 aromatic rings. The molecular weight excluding hydrogens is 606 g/mol. The summed E-state index contributed by atoms with van der Waals surface area (Å²) in [6.07, 6.45) is -2.54. The smallest absolute Gasteiger partial charge is 0.483 e. The number of hydrogen-bond acceptors (Lipinski definition) is 7. The average molecular weight is 629 g/mol. The maximum atomic E-state index is 12.4. The summed E-state index contributed by atoms with van der Waals surface area (Å²) in [6, 6.07) is 10.7. The largest absolute Gasteiger partial charge is 0.490 e. The van der Waals surface area contributed by atoms with Gasteiger partial charge in [-0.1, -0.05) is 23.7 Å². The van der Waals surface area contributed by atoms with Gasteiger partial charge in [0.25, 0.3) is 12.4 Å². The topological polar surface area (TPSA) is 166 Å². The fourth-order valence-electron chi connectivity index (χ4n) is 3.30. The van der Waals surface area contributed by atoms with Gasteiger partial charge in [0.15, 0.2) is 11.5 Å². The number of nitrogens with one attached hydrogen (secondary N) is 2. The van der Waals surface area contributed by atoms with E-state index in [2.05, 4.69) is 25.6 Å². The molecule has 0 bridgehead atoms. The van der Waals surface area contributed by atoms with Crippen LogP contribution in [-0.4, -0.2) is 81.1 Å². The summed E-state index contributed by atoms with van der Waals surface area (Å²) in [5, 5.41) is 24.7. The Bertz CT molecular complexity index is 1360. The van der Waals surface area contributed by atoms with Gasteiger partial charge in [-0.3, -0.25) is 14.4 Å². The van der Waals surface area contributed by atoms with Crippen LogP contribution in [0, 0.1) is 0 Å². The van der Waals surface area contributed by atoms with Gasteiger partial charge in [-0.2, -0.15) is 26.3 Å². The van der Waals surface area contributed by atoms with Crippen LogP contribution in [0.4, 0.5) is 38.0 Å². The molecule has 19 heteroatoms. The molecule has 1 aromatic carbocycles. The monoisotopic (exact) mass is 628 g/mol. The third kappa shape index (κ3) is 12.3. The fraction of sp³-hybridized carbons (Fsp3) is 0.304. The predicted molar refractivity (Wildman–Crippen MR) is 136 cm³/mol. The number of alkyl halides is 6. The Morgan fingerprint density at radius 1 is 1.14 bits per heavy atom. The number of carbonyl (C=O) groups is 4. The fourth-order valence-corrected chi connectivity index (χ4v) is 3.53. The third-order valence-corrected chi connectivity index (χ3v) is 5.16. The van der Waals surface area contributed by atoms with E-state index < -0.39 is 18.8 Å². The number of rotatable bonds is 4. The molecule has 4 N–H and O–H groups in total. The number of aromatic nitrogens is 3. The Morgan fingerprint density at radius 3 is 2.24 bits per heavy atom. The molecule has 0 spiro atoms. The normalized spacial score (nSPS) is 13.9. The van der Waals surface area contributed by atoms with Crippen LogP contribution in [0.25, 0.3) is 5.65 Å². The van der Waals surface area contributed by atoms with Crippen molar-refractivity contribution in [1.29, 1.82) is 0 Å². The Labute approximate surface area is 237 Å². The summed E-state index contributed by atoms with van der Waals surface area (Å²) in [7, 11) is 0. The zero-order valence-corrected chi connectivity index (χ0v) is 22.1. The summed E-state index contributed by atoms with van der Waals surface area (Å²) in [6.45, 7) is -0.867. The predicted octanol–water partition coefficient (Wildman–Crippen LogP) is 3.86. The van der Waals surface area contributed by atoms with Crippen LogP contribution in [0.2, 0.25) is 5.02 Å². The molecule has 4 rings (SSSR count). The number of hydrogen-bond donors (Lipinski definition) is 4. The molecule has 2 aromatic heterocycles. The van der Waals surface area contributed by atoms with E-state index in [1.807, 2.05) is 12.1 Å². The molecule has 1 fully saturated rings. The second-order valence-electron chi connectivity index (χ2n) is 7.84. The van der Waals surface area contributed by atoms with Crippen LogP contribution < -0.4 is 15.5 Å². The van der Waals surface area contributed by atoms with E-state index in [0.29, 0.717) is 28.6 Å². The quantitative estimate of drug-likeness (QED) is 0.248. The number of carbonyl (C=O) groups excluding carboxylic acids is 2. The number of carboxylic acids is 1. The van der Waals surface area contributed by atoms with Gasteiger partial charge in [0, 0.05) is 26.1 Å². The molecule has 1 saturated heterocycles. The lowest BCUT2D eigenvalue weighted by Crippen LogP contribution is -2.35. The summed E-state index contributed by atoms with van der Waals surface area (Å²) >= 11 is 6.07. The van der Waals surface area contributed by atoms with Gasteiger partial charge in [0.1, 0.15) is 5.82 Å². The number of benzene rings is 1. The highest BCUT2D eigenvalue weighted by Gasteiger charge is 2.38. The second-order valence-corrected chi connectivity index (χ2v) is 8.25. The van der Waals surface area contributed by atoms with Crippen LogP contribution in [0.15, 0.2) is 42.6 Å². The standard InChI is InChI=1S/C19H19ClN6O2.C2HF3O2.CHF3.CH2O2/c1-12(27)21-13-8-9-25(10-13)18-7-6-17-22-16(11-26(17)24-18)23-19(28)14-4-2-3-5-15(14)20;3-2(4,5)1(6)7;2-1(3)4;2-1-3/h2-7,11,13H,8-10H2,1H3,(H,21,27)(H,23,28);(H,6,7);1H;1H,(H,2,3)/t13-;;;/m1.../s1. The molecular formula is C23H23ClF6N6O6. The summed E-state index contributed by atoms with van der Waals surface area (Å²) in [5.74, 6) is -1.92. The minimum atomic E-state index is -5.08. The number of aliphatic carboxylic acids is 1. The lowest BCUT2D eigenvalue weighted by Gasteiger charge is -2.17. The van der Waals surface area contributed by atoms with Crippen LogP contribution in [0.3, 0.4) is 0 Å². The molecule has 12 nitrogen and oxygen atoms in total. The summed E-state index contributed by atoms with van der Waals surface area (Å²) in [5.41, 5.74) is 1.01. The first-order chi connectivity index (χ1) is 19.6. The van der Waals surface area contributed by atoms with Crippen molar-refractivity contribution in [3.8, 4) is 0 Å². The first kappa shape index (κ1) is 35.4. The molecule has 1 aliphatic rings. The number of anilines is 2. The van der Waals surface area contributed by atoms with Crippen molar-refractivity contribution in [2.45, 2.75) is 32.2 Å². The maximum absolute atomic E-state index is 12.4.